The van der Waals surface area contributed by atoms with Gasteiger partial charge in [0.05, 0.1) is 5.52 Å². The molecule has 0 spiro atoms. The molecular formula is C51H33N. The Hall–Kier alpha value is -6.57. The zero-order chi connectivity index (χ0) is 34.2. The molecule has 0 radical (unpaired) electrons. The van der Waals surface area contributed by atoms with Gasteiger partial charge < -0.3 is 0 Å². The van der Waals surface area contributed by atoms with Gasteiger partial charge in [-0.15, -0.1) is 0 Å². The minimum absolute atomic E-state index is 0.168. The summed E-state index contributed by atoms with van der Waals surface area (Å²) in [6.07, 6.45) is 4.54. The topological polar surface area (TPSA) is 12.9 Å². The maximum Gasteiger partial charge on any atom is 0.0714 e. The molecule has 2 atom stereocenters. The van der Waals surface area contributed by atoms with E-state index in [0.717, 1.165) is 5.52 Å². The van der Waals surface area contributed by atoms with Gasteiger partial charge in [-0.1, -0.05) is 170 Å². The summed E-state index contributed by atoms with van der Waals surface area (Å²) < 4.78 is 0. The number of aromatic nitrogens is 1. The molecule has 0 saturated carbocycles. The van der Waals surface area contributed by atoms with Gasteiger partial charge in [-0.25, -0.2) is 0 Å². The first-order chi connectivity index (χ1) is 25.8. The molecule has 1 nitrogen and oxygen atoms in total. The highest BCUT2D eigenvalue weighted by molar-refractivity contribution is 6.17. The number of pyridine rings is 1. The second kappa shape index (κ2) is 11.5. The molecule has 9 aromatic rings. The number of hydrogen-bond donors (Lipinski definition) is 0. The van der Waals surface area contributed by atoms with Crippen LogP contribution in [0.3, 0.4) is 0 Å². The van der Waals surface area contributed by atoms with Crippen LogP contribution in [0.5, 0.6) is 0 Å². The third-order valence-corrected chi connectivity index (χ3v) is 11.5. The molecule has 11 rings (SSSR count). The maximum absolute atomic E-state index is 4.97. The van der Waals surface area contributed by atoms with Gasteiger partial charge in [0.25, 0.3) is 0 Å². The Kier molecular flexibility index (Phi) is 6.45. The van der Waals surface area contributed by atoms with Gasteiger partial charge in [0.2, 0.25) is 0 Å². The summed E-state index contributed by atoms with van der Waals surface area (Å²) in [5.41, 5.74) is 14.2. The van der Waals surface area contributed by atoms with Crippen LogP contribution in [0.1, 0.15) is 39.7 Å². The Morgan fingerprint density at radius 1 is 0.423 bits per heavy atom. The first-order valence-corrected chi connectivity index (χ1v) is 18.2. The molecule has 0 saturated heterocycles. The molecule has 8 aromatic carbocycles. The van der Waals surface area contributed by atoms with Gasteiger partial charge >= 0.3 is 0 Å². The Balaban J connectivity index is 1.06. The van der Waals surface area contributed by atoms with Crippen LogP contribution in [0.15, 0.2) is 188 Å². The van der Waals surface area contributed by atoms with E-state index in [4.69, 9.17) is 4.98 Å². The Morgan fingerprint density at radius 2 is 1.12 bits per heavy atom. The zero-order valence-corrected chi connectivity index (χ0v) is 28.5. The fraction of sp³-hybridized carbons (Fsp3) is 0.0392. The molecule has 1 heteroatoms. The fourth-order valence-electron chi connectivity index (χ4n) is 9.19. The van der Waals surface area contributed by atoms with Gasteiger partial charge in [-0.3, -0.25) is 4.98 Å². The Bertz CT molecular complexity index is 2930. The predicted molar refractivity (Wildman–Crippen MR) is 219 cm³/mol. The van der Waals surface area contributed by atoms with Crippen LogP contribution in [-0.2, 0) is 0 Å². The normalized spacial score (nSPS) is 16.5. The average molecular weight is 660 g/mol. The first kappa shape index (κ1) is 29.2. The van der Waals surface area contributed by atoms with E-state index >= 15 is 0 Å². The summed E-state index contributed by atoms with van der Waals surface area (Å²) in [5, 5.41) is 8.83. The molecule has 1 heterocycles. The molecule has 0 bridgehead atoms. The molecular weight excluding hydrogens is 627 g/mol. The third-order valence-electron chi connectivity index (χ3n) is 11.5. The Morgan fingerprint density at radius 3 is 1.96 bits per heavy atom. The minimum atomic E-state index is 0.168. The van der Waals surface area contributed by atoms with E-state index in [2.05, 4.69) is 182 Å². The van der Waals surface area contributed by atoms with Crippen LogP contribution >= 0.6 is 0 Å². The molecule has 0 fully saturated rings. The molecule has 2 unspecified atom stereocenters. The highest BCUT2D eigenvalue weighted by Gasteiger charge is 2.42. The van der Waals surface area contributed by atoms with E-state index in [1.54, 1.807) is 0 Å². The smallest absolute Gasteiger partial charge is 0.0714 e. The van der Waals surface area contributed by atoms with Crippen molar-refractivity contribution < 1.29 is 0 Å². The summed E-state index contributed by atoms with van der Waals surface area (Å²) >= 11 is 0. The van der Waals surface area contributed by atoms with E-state index in [1.807, 2.05) is 6.20 Å². The number of allylic oxidation sites excluding steroid dienone is 4. The van der Waals surface area contributed by atoms with E-state index in [9.17, 15) is 0 Å². The van der Waals surface area contributed by atoms with Crippen LogP contribution in [-0.4, -0.2) is 4.98 Å². The molecule has 0 N–H and O–H groups in total. The van der Waals surface area contributed by atoms with Crippen molar-refractivity contribution in [2.75, 3.05) is 0 Å². The lowest BCUT2D eigenvalue weighted by Crippen LogP contribution is -2.17. The highest BCUT2D eigenvalue weighted by Crippen LogP contribution is 2.61. The van der Waals surface area contributed by atoms with Gasteiger partial charge in [0, 0.05) is 28.8 Å². The van der Waals surface area contributed by atoms with E-state index in [1.165, 1.54) is 93.4 Å². The molecule has 2 aliphatic carbocycles. The SMILES string of the molecule is C1=C(c2ccc(-c3ccc4c(c3)ncc3c5ccccc5ccc43)cc2)C(c2ccccc2)C2C(=C1c1ccccc1)c1cccc3cccc2c13. The van der Waals surface area contributed by atoms with Gasteiger partial charge in [-0.05, 0) is 94.7 Å². The first-order valence-electron chi connectivity index (χ1n) is 18.2. The number of nitrogens with zero attached hydrogens (tertiary/aromatic N) is 1. The lowest BCUT2D eigenvalue weighted by molar-refractivity contribution is 0.780. The van der Waals surface area contributed by atoms with Crippen molar-refractivity contribution >= 4 is 59.9 Å². The van der Waals surface area contributed by atoms with Crippen LogP contribution in [0.2, 0.25) is 0 Å². The van der Waals surface area contributed by atoms with E-state index in [-0.39, 0.29) is 11.8 Å². The molecule has 2 aliphatic rings. The van der Waals surface area contributed by atoms with Gasteiger partial charge in [0.1, 0.15) is 0 Å². The third kappa shape index (κ3) is 4.39. The largest absolute Gasteiger partial charge is 0.256 e. The van der Waals surface area contributed by atoms with Crippen molar-refractivity contribution in [1.29, 1.82) is 0 Å². The minimum Gasteiger partial charge on any atom is -0.256 e. The summed E-state index contributed by atoms with van der Waals surface area (Å²) in [7, 11) is 0. The van der Waals surface area contributed by atoms with Crippen molar-refractivity contribution in [3.8, 4) is 11.1 Å². The lowest BCUT2D eigenvalue weighted by atomic mass is 9.68. The molecule has 1 aromatic heterocycles. The van der Waals surface area contributed by atoms with Crippen molar-refractivity contribution in [1.82, 2.24) is 4.98 Å². The van der Waals surface area contributed by atoms with Gasteiger partial charge in [-0.2, -0.15) is 0 Å². The second-order valence-electron chi connectivity index (χ2n) is 14.2. The van der Waals surface area contributed by atoms with Crippen LogP contribution in [0, 0.1) is 0 Å². The van der Waals surface area contributed by atoms with Crippen LogP contribution in [0.25, 0.3) is 71.1 Å². The van der Waals surface area contributed by atoms with Crippen LogP contribution < -0.4 is 0 Å². The molecule has 242 valence electrons. The van der Waals surface area contributed by atoms with E-state index in [0.29, 0.717) is 0 Å². The predicted octanol–water partition coefficient (Wildman–Crippen LogP) is 13.3. The Labute approximate surface area is 302 Å². The highest BCUT2D eigenvalue weighted by atomic mass is 14.6. The summed E-state index contributed by atoms with van der Waals surface area (Å²) in [5.74, 6) is 0.374. The number of hydrogen-bond acceptors (Lipinski definition) is 1. The quantitative estimate of drug-likeness (QED) is 0.171. The maximum atomic E-state index is 4.97. The molecule has 52 heavy (non-hydrogen) atoms. The van der Waals surface area contributed by atoms with Crippen LogP contribution in [0.4, 0.5) is 0 Å². The monoisotopic (exact) mass is 659 g/mol. The van der Waals surface area contributed by atoms with Crippen molar-refractivity contribution in [3.63, 3.8) is 0 Å². The zero-order valence-electron chi connectivity index (χ0n) is 28.5. The van der Waals surface area contributed by atoms with E-state index < -0.39 is 0 Å². The summed E-state index contributed by atoms with van der Waals surface area (Å²) in [6.45, 7) is 0. The second-order valence-corrected chi connectivity index (χ2v) is 14.2. The number of rotatable bonds is 4. The lowest BCUT2D eigenvalue weighted by Gasteiger charge is -2.35. The summed E-state index contributed by atoms with van der Waals surface area (Å²) in [4.78, 5) is 4.97. The van der Waals surface area contributed by atoms with Crippen molar-refractivity contribution in [3.05, 3.63) is 216 Å². The van der Waals surface area contributed by atoms with Gasteiger partial charge in [0.15, 0.2) is 0 Å². The van der Waals surface area contributed by atoms with Crippen molar-refractivity contribution in [2.45, 2.75) is 11.8 Å². The number of benzene rings is 8. The molecule has 0 amide bonds. The standard InChI is InChI=1S/C51H33N/c1-3-11-33(12-4-1)45-30-44(49(37-14-5-2-6-15-37)51-43-20-10-17-36-16-9-19-42(48(36)43)50(45)51)35-23-21-32(22-24-35)38-26-28-41-40-27-25-34-13-7-8-18-39(34)46(40)31-52-47(41)29-38/h1-31,49,51H. The number of fused-ring (bicyclic) bond motifs is 8. The average Bonchev–Trinajstić information content (AvgIpc) is 3.56. The fourth-order valence-corrected chi connectivity index (χ4v) is 9.19. The van der Waals surface area contributed by atoms with Crippen molar-refractivity contribution in [2.24, 2.45) is 0 Å². The summed E-state index contributed by atoms with van der Waals surface area (Å²) in [6, 6.07) is 64.8. The molecule has 0 aliphatic heterocycles.